The van der Waals surface area contributed by atoms with E-state index in [-0.39, 0.29) is 6.10 Å². The normalized spacial score (nSPS) is 18.3. The first-order valence-corrected chi connectivity index (χ1v) is 7.29. The van der Waals surface area contributed by atoms with Crippen LogP contribution < -0.4 is 9.64 Å². The molecule has 4 nitrogen and oxygen atoms in total. The molecule has 3 heterocycles. The summed E-state index contributed by atoms with van der Waals surface area (Å²) in [7, 11) is 0. The lowest BCUT2D eigenvalue weighted by Gasteiger charge is -2.19. The van der Waals surface area contributed by atoms with Crippen LogP contribution in [0.4, 0.5) is 19.0 Å². The molecule has 0 radical (unpaired) electrons. The van der Waals surface area contributed by atoms with Crippen LogP contribution in [0.2, 0.25) is 0 Å². The number of anilines is 1. The zero-order valence-corrected chi connectivity index (χ0v) is 12.5. The quantitative estimate of drug-likeness (QED) is 0.867. The lowest BCUT2D eigenvalue weighted by atomic mass is 10.2. The van der Waals surface area contributed by atoms with E-state index >= 15 is 0 Å². The van der Waals surface area contributed by atoms with E-state index in [0.717, 1.165) is 29.9 Å². The van der Waals surface area contributed by atoms with Gasteiger partial charge in [0.15, 0.2) is 0 Å². The van der Waals surface area contributed by atoms with Crippen LogP contribution in [0.5, 0.6) is 5.75 Å². The average Bonchev–Trinajstić information content (AvgIpc) is 2.98. The molecular weight excluding hydrogens is 307 g/mol. The van der Waals surface area contributed by atoms with Crippen LogP contribution in [0.3, 0.4) is 0 Å². The molecule has 122 valence electrons. The van der Waals surface area contributed by atoms with E-state index in [4.69, 9.17) is 4.74 Å². The molecule has 0 saturated carbocycles. The molecule has 0 aliphatic carbocycles. The summed E-state index contributed by atoms with van der Waals surface area (Å²) < 4.78 is 44.3. The number of nitrogens with zero attached hydrogens (tertiary/aromatic N) is 3. The van der Waals surface area contributed by atoms with E-state index in [1.54, 1.807) is 18.5 Å². The highest BCUT2D eigenvalue weighted by molar-refractivity contribution is 5.43. The number of aryl methyl sites for hydroxylation is 1. The second-order valence-electron chi connectivity index (χ2n) is 5.52. The molecule has 2 aromatic rings. The summed E-state index contributed by atoms with van der Waals surface area (Å²) in [6, 6.07) is 3.86. The lowest BCUT2D eigenvalue weighted by molar-refractivity contribution is -0.137. The van der Waals surface area contributed by atoms with Crippen molar-refractivity contribution in [2.24, 2.45) is 0 Å². The topological polar surface area (TPSA) is 38.2 Å². The molecule has 23 heavy (non-hydrogen) atoms. The van der Waals surface area contributed by atoms with Gasteiger partial charge < -0.3 is 9.64 Å². The van der Waals surface area contributed by atoms with Gasteiger partial charge in [-0.1, -0.05) is 0 Å². The Balaban J connectivity index is 1.69. The number of hydrogen-bond acceptors (Lipinski definition) is 4. The maximum absolute atomic E-state index is 12.8. The molecule has 0 bridgehead atoms. The van der Waals surface area contributed by atoms with E-state index in [2.05, 4.69) is 9.97 Å². The van der Waals surface area contributed by atoms with Gasteiger partial charge in [0.05, 0.1) is 12.1 Å². The van der Waals surface area contributed by atoms with E-state index in [0.29, 0.717) is 18.9 Å². The monoisotopic (exact) mass is 323 g/mol. The fourth-order valence-electron chi connectivity index (χ4n) is 2.57. The first-order chi connectivity index (χ1) is 10.9. The third-order valence-electron chi connectivity index (χ3n) is 3.80. The zero-order chi connectivity index (χ0) is 16.4. The number of rotatable bonds is 3. The van der Waals surface area contributed by atoms with Crippen molar-refractivity contribution in [2.75, 3.05) is 18.0 Å². The van der Waals surface area contributed by atoms with Gasteiger partial charge >= 0.3 is 6.18 Å². The Bertz CT molecular complexity index is 690. The summed E-state index contributed by atoms with van der Waals surface area (Å²) in [4.78, 5) is 9.88. The highest BCUT2D eigenvalue weighted by Crippen LogP contribution is 2.31. The average molecular weight is 323 g/mol. The van der Waals surface area contributed by atoms with Crippen molar-refractivity contribution in [3.8, 4) is 5.75 Å². The van der Waals surface area contributed by atoms with E-state index in [1.807, 2.05) is 11.8 Å². The van der Waals surface area contributed by atoms with E-state index < -0.39 is 11.7 Å². The minimum absolute atomic E-state index is 0.0764. The van der Waals surface area contributed by atoms with Crippen molar-refractivity contribution in [3.05, 3.63) is 47.9 Å². The predicted molar refractivity (Wildman–Crippen MR) is 79.5 cm³/mol. The van der Waals surface area contributed by atoms with Crippen molar-refractivity contribution < 1.29 is 17.9 Å². The molecule has 2 aromatic heterocycles. The smallest absolute Gasteiger partial charge is 0.416 e. The molecule has 0 aromatic carbocycles. The van der Waals surface area contributed by atoms with Gasteiger partial charge in [0.25, 0.3) is 0 Å². The summed E-state index contributed by atoms with van der Waals surface area (Å²) in [5.74, 6) is 1.08. The van der Waals surface area contributed by atoms with Crippen molar-refractivity contribution in [3.63, 3.8) is 0 Å². The minimum Gasteiger partial charge on any atom is -0.488 e. The van der Waals surface area contributed by atoms with Crippen LogP contribution in [0, 0.1) is 6.92 Å². The first-order valence-electron chi connectivity index (χ1n) is 7.29. The molecular formula is C16H16F3N3O. The number of halogens is 3. The van der Waals surface area contributed by atoms with E-state index in [1.165, 1.54) is 6.20 Å². The van der Waals surface area contributed by atoms with Gasteiger partial charge in [0.1, 0.15) is 17.7 Å². The molecule has 0 amide bonds. The van der Waals surface area contributed by atoms with Gasteiger partial charge in [-0.3, -0.25) is 4.98 Å². The van der Waals surface area contributed by atoms with Crippen LogP contribution in [0.1, 0.15) is 17.5 Å². The van der Waals surface area contributed by atoms with E-state index in [9.17, 15) is 13.2 Å². The maximum Gasteiger partial charge on any atom is 0.416 e. The number of ether oxygens (including phenoxy) is 1. The summed E-state index contributed by atoms with van der Waals surface area (Å²) in [5, 5.41) is 0. The lowest BCUT2D eigenvalue weighted by Crippen LogP contribution is -2.25. The maximum atomic E-state index is 12.8. The number of aromatic nitrogens is 2. The van der Waals surface area contributed by atoms with Gasteiger partial charge in [-0.05, 0) is 25.1 Å². The van der Waals surface area contributed by atoms with Crippen LogP contribution in [0.25, 0.3) is 0 Å². The Morgan fingerprint density at radius 3 is 2.83 bits per heavy atom. The van der Waals surface area contributed by atoms with Crippen LogP contribution in [-0.4, -0.2) is 29.2 Å². The molecule has 1 saturated heterocycles. The fourth-order valence-corrected chi connectivity index (χ4v) is 2.57. The van der Waals surface area contributed by atoms with Crippen LogP contribution >= 0.6 is 0 Å². The van der Waals surface area contributed by atoms with Gasteiger partial charge in [-0.2, -0.15) is 13.2 Å². The van der Waals surface area contributed by atoms with Crippen molar-refractivity contribution >= 4 is 5.82 Å². The van der Waals surface area contributed by atoms with Crippen LogP contribution in [0.15, 0.2) is 36.8 Å². The first kappa shape index (κ1) is 15.6. The van der Waals surface area contributed by atoms with Gasteiger partial charge in [-0.25, -0.2) is 4.98 Å². The summed E-state index contributed by atoms with van der Waals surface area (Å²) in [5.41, 5.74) is 0.250. The zero-order valence-electron chi connectivity index (χ0n) is 12.5. The van der Waals surface area contributed by atoms with Gasteiger partial charge in [0, 0.05) is 37.1 Å². The number of pyridine rings is 2. The Kier molecular flexibility index (Phi) is 4.11. The highest BCUT2D eigenvalue weighted by Gasteiger charge is 2.32. The third kappa shape index (κ3) is 3.55. The molecule has 0 N–H and O–H groups in total. The minimum atomic E-state index is -4.36. The van der Waals surface area contributed by atoms with Crippen molar-refractivity contribution in [1.82, 2.24) is 9.97 Å². The number of alkyl halides is 3. The standard InChI is InChI=1S/C16H16F3N3O/c1-11-9-20-5-3-14(11)23-13-4-7-22(10-13)15-8-12(2-6-21-15)16(17,18)19/h2-3,5-6,8-9,13H,4,7,10H2,1H3. The Morgan fingerprint density at radius 2 is 2.09 bits per heavy atom. The molecule has 1 fully saturated rings. The third-order valence-corrected chi connectivity index (χ3v) is 3.80. The molecule has 0 spiro atoms. The number of hydrogen-bond donors (Lipinski definition) is 0. The molecule has 7 heteroatoms. The Hall–Kier alpha value is -2.31. The summed E-state index contributed by atoms with van der Waals surface area (Å²) in [6.45, 7) is 3.03. The largest absolute Gasteiger partial charge is 0.488 e. The fraction of sp³-hybridized carbons (Fsp3) is 0.375. The van der Waals surface area contributed by atoms with Crippen molar-refractivity contribution in [2.45, 2.75) is 25.6 Å². The molecule has 1 unspecified atom stereocenters. The van der Waals surface area contributed by atoms with Gasteiger partial charge in [0.2, 0.25) is 0 Å². The Labute approximate surface area is 131 Å². The summed E-state index contributed by atoms with van der Waals surface area (Å²) >= 11 is 0. The highest BCUT2D eigenvalue weighted by atomic mass is 19.4. The second-order valence-corrected chi connectivity index (χ2v) is 5.52. The molecule has 1 aliphatic rings. The molecule has 1 aliphatic heterocycles. The van der Waals surface area contributed by atoms with Crippen LogP contribution in [-0.2, 0) is 6.18 Å². The molecule has 3 rings (SSSR count). The van der Waals surface area contributed by atoms with Crippen molar-refractivity contribution in [1.29, 1.82) is 0 Å². The SMILES string of the molecule is Cc1cnccc1OC1CCN(c2cc(C(F)(F)F)ccn2)C1. The molecule has 1 atom stereocenters. The van der Waals surface area contributed by atoms with Gasteiger partial charge in [-0.15, -0.1) is 0 Å². The summed E-state index contributed by atoms with van der Waals surface area (Å²) in [6.07, 6.45) is 0.868. The second kappa shape index (κ2) is 6.06. The predicted octanol–water partition coefficient (Wildman–Crippen LogP) is 3.46. The Morgan fingerprint density at radius 1 is 1.26 bits per heavy atom.